The van der Waals surface area contributed by atoms with Crippen molar-refractivity contribution in [2.24, 2.45) is 4.99 Å². The van der Waals surface area contributed by atoms with Crippen LogP contribution in [0, 0.1) is 0 Å². The molecule has 6 heteroatoms. The molecule has 0 spiro atoms. The lowest BCUT2D eigenvalue weighted by Crippen LogP contribution is -2.48. The monoisotopic (exact) mass is 412 g/mol. The fourth-order valence-corrected chi connectivity index (χ4v) is 5.00. The largest absolute Gasteiger partial charge is 0.490 e. The number of nitrogens with zero attached hydrogens (tertiary/aromatic N) is 2. The van der Waals surface area contributed by atoms with Crippen LogP contribution in [0.25, 0.3) is 0 Å². The Morgan fingerprint density at radius 2 is 1.90 bits per heavy atom. The number of aliphatic imine (C=N–C) groups is 1. The number of piperidine rings is 1. The number of guanidine groups is 1. The van der Waals surface area contributed by atoms with Gasteiger partial charge in [0.25, 0.3) is 0 Å². The molecule has 5 nitrogen and oxygen atoms in total. The second-order valence-electron chi connectivity index (χ2n) is 7.91. The zero-order valence-corrected chi connectivity index (χ0v) is 18.1. The third-order valence-electron chi connectivity index (χ3n) is 5.89. The van der Waals surface area contributed by atoms with E-state index in [1.807, 2.05) is 18.4 Å². The number of rotatable bonds is 6. The molecular formula is C23H32N4OS. The van der Waals surface area contributed by atoms with E-state index >= 15 is 0 Å². The van der Waals surface area contributed by atoms with Crippen LogP contribution < -0.4 is 20.3 Å². The lowest BCUT2D eigenvalue weighted by atomic mass is 10.1. The molecule has 2 heterocycles. The molecule has 2 aromatic rings. The normalized spacial score (nSPS) is 18.8. The average Bonchev–Trinajstić information content (AvgIpc) is 3.47. The predicted octanol–water partition coefficient (Wildman–Crippen LogP) is 4.40. The molecule has 1 aromatic carbocycles. The number of thiophene rings is 1. The van der Waals surface area contributed by atoms with Crippen molar-refractivity contribution in [1.29, 1.82) is 0 Å². The van der Waals surface area contributed by atoms with Crippen molar-refractivity contribution in [3.63, 3.8) is 0 Å². The smallest absolute Gasteiger partial charge is 0.191 e. The van der Waals surface area contributed by atoms with E-state index in [-0.39, 0.29) is 0 Å². The van der Waals surface area contributed by atoms with E-state index in [4.69, 9.17) is 4.74 Å². The Balaban J connectivity index is 1.27. The van der Waals surface area contributed by atoms with Gasteiger partial charge in [-0.1, -0.05) is 18.2 Å². The van der Waals surface area contributed by atoms with Crippen molar-refractivity contribution in [2.45, 2.75) is 57.2 Å². The van der Waals surface area contributed by atoms with Gasteiger partial charge < -0.3 is 20.3 Å². The second kappa shape index (κ2) is 10.0. The molecule has 2 N–H and O–H groups in total. The summed E-state index contributed by atoms with van der Waals surface area (Å²) in [5.41, 5.74) is 1.19. The number of para-hydroxylation sites is 1. The topological polar surface area (TPSA) is 48.9 Å². The van der Waals surface area contributed by atoms with Gasteiger partial charge in [0, 0.05) is 38.3 Å². The maximum absolute atomic E-state index is 6.26. The first-order chi connectivity index (χ1) is 14.3. The van der Waals surface area contributed by atoms with Gasteiger partial charge in [-0.3, -0.25) is 4.99 Å². The van der Waals surface area contributed by atoms with Gasteiger partial charge in [-0.05, 0) is 62.1 Å². The number of benzene rings is 1. The van der Waals surface area contributed by atoms with Crippen LogP contribution in [0.4, 0.5) is 5.00 Å². The maximum atomic E-state index is 6.26. The van der Waals surface area contributed by atoms with Crippen molar-refractivity contribution < 1.29 is 4.74 Å². The molecule has 0 radical (unpaired) electrons. The zero-order chi connectivity index (χ0) is 19.9. The first-order valence-electron chi connectivity index (χ1n) is 10.8. The van der Waals surface area contributed by atoms with Crippen molar-refractivity contribution in [2.75, 3.05) is 25.0 Å². The molecule has 0 atom stereocenters. The highest BCUT2D eigenvalue weighted by Gasteiger charge is 2.21. The standard InChI is InChI=1S/C23H32N4OS/c1-24-23(26-19-12-14-27(15-13-19)22-11-6-16-29-22)25-17-18-7-2-5-10-21(18)28-20-8-3-4-9-20/h2,5-7,10-11,16,19-20H,3-4,8-9,12-15,17H2,1H3,(H2,24,25,26). The van der Waals surface area contributed by atoms with Gasteiger partial charge in [0.05, 0.1) is 11.1 Å². The first kappa shape index (κ1) is 20.1. The third-order valence-corrected chi connectivity index (χ3v) is 6.82. The highest BCUT2D eigenvalue weighted by atomic mass is 32.1. The minimum atomic E-state index is 0.377. The molecule has 156 valence electrons. The first-order valence-corrected chi connectivity index (χ1v) is 11.7. The molecule has 2 fully saturated rings. The van der Waals surface area contributed by atoms with E-state index in [0.29, 0.717) is 12.1 Å². The van der Waals surface area contributed by atoms with E-state index in [9.17, 15) is 0 Å². The highest BCUT2D eigenvalue weighted by molar-refractivity contribution is 7.14. The zero-order valence-electron chi connectivity index (χ0n) is 17.3. The van der Waals surface area contributed by atoms with Crippen LogP contribution in [0.3, 0.4) is 0 Å². The SMILES string of the molecule is CN=C(NCc1ccccc1OC1CCCC1)NC1CCN(c2cccs2)CC1. The van der Waals surface area contributed by atoms with Gasteiger partial charge >= 0.3 is 0 Å². The average molecular weight is 413 g/mol. The van der Waals surface area contributed by atoms with Crippen molar-refractivity contribution in [1.82, 2.24) is 10.6 Å². The molecule has 1 saturated carbocycles. The summed E-state index contributed by atoms with van der Waals surface area (Å²) in [5.74, 6) is 1.88. The summed E-state index contributed by atoms with van der Waals surface area (Å²) < 4.78 is 6.26. The summed E-state index contributed by atoms with van der Waals surface area (Å²) in [6.07, 6.45) is 7.55. The van der Waals surface area contributed by atoms with E-state index in [2.05, 4.69) is 62.3 Å². The fourth-order valence-electron chi connectivity index (χ4n) is 4.21. The lowest BCUT2D eigenvalue weighted by molar-refractivity contribution is 0.208. The van der Waals surface area contributed by atoms with Crippen LogP contribution in [0.15, 0.2) is 46.8 Å². The second-order valence-corrected chi connectivity index (χ2v) is 8.84. The molecule has 2 aliphatic rings. The third kappa shape index (κ3) is 5.44. The Hall–Kier alpha value is -2.21. The van der Waals surface area contributed by atoms with Gasteiger partial charge in [0.15, 0.2) is 5.96 Å². The van der Waals surface area contributed by atoms with Crippen LogP contribution >= 0.6 is 11.3 Å². The van der Waals surface area contributed by atoms with Crippen LogP contribution in [-0.4, -0.2) is 38.2 Å². The molecular weight excluding hydrogens is 380 g/mol. The van der Waals surface area contributed by atoms with Crippen LogP contribution in [0.2, 0.25) is 0 Å². The Bertz CT molecular complexity index is 778. The Morgan fingerprint density at radius 3 is 2.62 bits per heavy atom. The predicted molar refractivity (Wildman–Crippen MR) is 122 cm³/mol. The molecule has 0 amide bonds. The van der Waals surface area contributed by atoms with Crippen LogP contribution in [-0.2, 0) is 6.54 Å². The Kier molecular flexibility index (Phi) is 6.93. The summed E-state index contributed by atoms with van der Waals surface area (Å²) >= 11 is 1.82. The van der Waals surface area contributed by atoms with E-state index in [0.717, 1.165) is 44.2 Å². The van der Waals surface area contributed by atoms with Crippen molar-refractivity contribution >= 4 is 22.3 Å². The molecule has 4 rings (SSSR count). The summed E-state index contributed by atoms with van der Waals surface area (Å²) in [6, 6.07) is 13.2. The van der Waals surface area contributed by atoms with Gasteiger partial charge in [-0.25, -0.2) is 0 Å². The van der Waals surface area contributed by atoms with Crippen LogP contribution in [0.5, 0.6) is 5.75 Å². The van der Waals surface area contributed by atoms with Gasteiger partial charge in [-0.15, -0.1) is 11.3 Å². The van der Waals surface area contributed by atoms with Crippen LogP contribution in [0.1, 0.15) is 44.1 Å². The summed E-state index contributed by atoms with van der Waals surface area (Å²) in [5, 5.41) is 10.6. The molecule has 29 heavy (non-hydrogen) atoms. The number of nitrogens with one attached hydrogen (secondary N) is 2. The minimum absolute atomic E-state index is 0.377. The van der Waals surface area contributed by atoms with Crippen molar-refractivity contribution in [3.05, 3.63) is 47.3 Å². The highest BCUT2D eigenvalue weighted by Crippen LogP contribution is 2.27. The summed E-state index contributed by atoms with van der Waals surface area (Å²) in [7, 11) is 1.84. The molecule has 1 aliphatic heterocycles. The lowest BCUT2D eigenvalue weighted by Gasteiger charge is -2.33. The van der Waals surface area contributed by atoms with Crippen molar-refractivity contribution in [3.8, 4) is 5.75 Å². The molecule has 0 bridgehead atoms. The summed E-state index contributed by atoms with van der Waals surface area (Å²) in [4.78, 5) is 6.92. The van der Waals surface area contributed by atoms with Gasteiger partial charge in [-0.2, -0.15) is 0 Å². The van der Waals surface area contributed by atoms with E-state index < -0.39 is 0 Å². The quantitative estimate of drug-likeness (QED) is 0.545. The van der Waals surface area contributed by atoms with E-state index in [1.165, 1.54) is 36.2 Å². The number of hydrogen-bond donors (Lipinski definition) is 2. The van der Waals surface area contributed by atoms with Gasteiger partial charge in [0.2, 0.25) is 0 Å². The van der Waals surface area contributed by atoms with E-state index in [1.54, 1.807) is 0 Å². The molecule has 1 aromatic heterocycles. The Morgan fingerprint density at radius 1 is 1.10 bits per heavy atom. The number of hydrogen-bond acceptors (Lipinski definition) is 4. The number of anilines is 1. The molecule has 1 aliphatic carbocycles. The summed E-state index contributed by atoms with van der Waals surface area (Å²) in [6.45, 7) is 2.90. The molecule has 0 unspecified atom stereocenters. The maximum Gasteiger partial charge on any atom is 0.191 e. The number of ether oxygens (including phenoxy) is 1. The van der Waals surface area contributed by atoms with Gasteiger partial charge in [0.1, 0.15) is 5.75 Å². The Labute approximate surface area is 178 Å². The minimum Gasteiger partial charge on any atom is -0.490 e. The fraction of sp³-hybridized carbons (Fsp3) is 0.522. The molecule has 1 saturated heterocycles.